The maximum Gasteiger partial charge on any atom is 0.267 e. The van der Waals surface area contributed by atoms with E-state index in [0.717, 1.165) is 16.4 Å². The summed E-state index contributed by atoms with van der Waals surface area (Å²) < 4.78 is 53.5. The van der Waals surface area contributed by atoms with E-state index in [1.54, 1.807) is 6.20 Å². The molecule has 8 nitrogen and oxygen atoms in total. The molecule has 2 heterocycles. The number of H-pyrrole nitrogens is 1. The number of alkyl halides is 2. The van der Waals surface area contributed by atoms with Crippen LogP contribution < -0.4 is 10.5 Å². The van der Waals surface area contributed by atoms with E-state index >= 15 is 0 Å². The molecule has 0 unspecified atom stereocenters. The molecule has 0 radical (unpaired) electrons. The van der Waals surface area contributed by atoms with Crippen molar-refractivity contribution in [3.8, 4) is 0 Å². The second-order valence-corrected chi connectivity index (χ2v) is 7.67. The van der Waals surface area contributed by atoms with Gasteiger partial charge in [0.15, 0.2) is 0 Å². The molecule has 1 aromatic carbocycles. The van der Waals surface area contributed by atoms with Crippen LogP contribution in [0.5, 0.6) is 0 Å². The van der Waals surface area contributed by atoms with Gasteiger partial charge in [-0.15, -0.1) is 0 Å². The zero-order valence-corrected chi connectivity index (χ0v) is 15.4. The number of benzene rings is 1. The molecular formula is C15H15ClF2N6O2S. The Balaban J connectivity index is 2.01. The van der Waals surface area contributed by atoms with Crippen LogP contribution >= 0.6 is 11.6 Å². The van der Waals surface area contributed by atoms with Gasteiger partial charge in [-0.1, -0.05) is 11.6 Å². The van der Waals surface area contributed by atoms with Crippen molar-refractivity contribution in [1.29, 1.82) is 0 Å². The zero-order chi connectivity index (χ0) is 19.8. The number of aromatic amines is 1. The van der Waals surface area contributed by atoms with Crippen molar-refractivity contribution in [1.82, 2.24) is 14.8 Å². The van der Waals surface area contributed by atoms with E-state index in [2.05, 4.69) is 26.5 Å². The van der Waals surface area contributed by atoms with Gasteiger partial charge in [0.2, 0.25) is 0 Å². The fraction of sp³-hybridized carbons (Fsp3) is 0.200. The number of rotatable bonds is 7. The van der Waals surface area contributed by atoms with Gasteiger partial charge in [0.25, 0.3) is 16.4 Å². The lowest BCUT2D eigenvalue weighted by molar-refractivity contribution is 0.122. The summed E-state index contributed by atoms with van der Waals surface area (Å²) in [6, 6.07) is 3.01. The Bertz CT molecular complexity index is 1110. The van der Waals surface area contributed by atoms with Crippen molar-refractivity contribution in [2.24, 2.45) is 4.99 Å². The molecule has 0 saturated carbocycles. The summed E-state index contributed by atoms with van der Waals surface area (Å²) >= 11 is 6.21. The smallest absolute Gasteiger partial charge is 0.267 e. The van der Waals surface area contributed by atoms with Crippen molar-refractivity contribution < 1.29 is 17.2 Å². The average molecular weight is 417 g/mol. The van der Waals surface area contributed by atoms with Crippen molar-refractivity contribution in [3.63, 3.8) is 0 Å². The van der Waals surface area contributed by atoms with Crippen LogP contribution in [-0.4, -0.2) is 36.3 Å². The highest BCUT2D eigenvalue weighted by Crippen LogP contribution is 2.34. The van der Waals surface area contributed by atoms with Crippen LogP contribution in [0, 0.1) is 0 Å². The molecular weight excluding hydrogens is 402 g/mol. The predicted octanol–water partition coefficient (Wildman–Crippen LogP) is 2.87. The molecule has 0 amide bonds. The van der Waals surface area contributed by atoms with E-state index < -0.39 is 27.9 Å². The molecule has 0 fully saturated rings. The molecule has 0 saturated heterocycles. The molecule has 12 heteroatoms. The Kier molecular flexibility index (Phi) is 5.07. The Morgan fingerprint density at radius 1 is 1.44 bits per heavy atom. The summed E-state index contributed by atoms with van der Waals surface area (Å²) in [5.41, 5.74) is 7.08. The van der Waals surface area contributed by atoms with E-state index in [0.29, 0.717) is 22.5 Å². The van der Waals surface area contributed by atoms with Crippen molar-refractivity contribution in [2.45, 2.75) is 24.4 Å². The number of aliphatic imine (C=N–C) groups is 1. The van der Waals surface area contributed by atoms with E-state index in [9.17, 15) is 17.2 Å². The number of hydrogen-bond acceptors (Lipinski definition) is 5. The van der Waals surface area contributed by atoms with Crippen molar-refractivity contribution in [2.75, 3.05) is 10.5 Å². The first kappa shape index (κ1) is 19.1. The third-order valence-corrected chi connectivity index (χ3v) is 5.54. The fourth-order valence-corrected chi connectivity index (χ4v) is 4.08. The van der Waals surface area contributed by atoms with Gasteiger partial charge in [-0.25, -0.2) is 21.9 Å². The highest BCUT2D eigenvalue weighted by molar-refractivity contribution is 7.92. The number of sulfonamides is 1. The second kappa shape index (κ2) is 7.16. The Morgan fingerprint density at radius 2 is 2.19 bits per heavy atom. The summed E-state index contributed by atoms with van der Waals surface area (Å²) in [6.07, 6.45) is -0.144. The fourth-order valence-electron chi connectivity index (χ4n) is 2.66. The predicted molar refractivity (Wildman–Crippen MR) is 100 cm³/mol. The maximum absolute atomic E-state index is 12.7. The number of nitrogens with zero attached hydrogens (tertiary/aromatic N) is 3. The average Bonchev–Trinajstić information content (AvgIpc) is 3.16. The first-order valence-corrected chi connectivity index (χ1v) is 9.44. The number of fused-ring (bicyclic) bond motifs is 1. The number of nitrogens with one attached hydrogen (secondary N) is 2. The van der Waals surface area contributed by atoms with Gasteiger partial charge in [0.1, 0.15) is 17.3 Å². The van der Waals surface area contributed by atoms with Crippen LogP contribution in [0.2, 0.25) is 5.02 Å². The summed E-state index contributed by atoms with van der Waals surface area (Å²) in [4.78, 5) is 6.36. The van der Waals surface area contributed by atoms with Crippen LogP contribution in [0.1, 0.15) is 5.56 Å². The lowest BCUT2D eigenvalue weighted by atomic mass is 10.1. The quantitative estimate of drug-likeness (QED) is 0.513. The summed E-state index contributed by atoms with van der Waals surface area (Å²) in [5.74, 6) is -0.379. The molecule has 0 aliphatic heterocycles. The summed E-state index contributed by atoms with van der Waals surface area (Å²) in [7, 11) is -4.17. The van der Waals surface area contributed by atoms with E-state index in [4.69, 9.17) is 17.3 Å². The van der Waals surface area contributed by atoms with E-state index in [1.807, 2.05) is 0 Å². The SMILES string of the molecule is C=NCc1c[nH]c2c(NS(=O)(=O)c3cnn(CC(F)F)c3N)ccc(Cl)c12. The molecule has 4 N–H and O–H groups in total. The minimum atomic E-state index is -4.17. The van der Waals surface area contributed by atoms with Crippen LogP contribution in [-0.2, 0) is 23.1 Å². The van der Waals surface area contributed by atoms with Gasteiger partial charge in [-0.05, 0) is 18.9 Å². The van der Waals surface area contributed by atoms with Gasteiger partial charge >= 0.3 is 0 Å². The Labute approximate surface area is 158 Å². The molecule has 2 aromatic heterocycles. The molecule has 0 aliphatic rings. The van der Waals surface area contributed by atoms with Crippen molar-refractivity contribution >= 4 is 50.7 Å². The Hall–Kier alpha value is -2.66. The number of anilines is 2. The minimum absolute atomic E-state index is 0.214. The van der Waals surface area contributed by atoms with Crippen LogP contribution in [0.15, 0.2) is 34.4 Å². The normalized spacial score (nSPS) is 12.0. The Morgan fingerprint density at radius 3 is 2.85 bits per heavy atom. The lowest BCUT2D eigenvalue weighted by Crippen LogP contribution is -2.16. The molecule has 0 bridgehead atoms. The third-order valence-electron chi connectivity index (χ3n) is 3.84. The monoisotopic (exact) mass is 416 g/mol. The van der Waals surface area contributed by atoms with Gasteiger partial charge in [0.05, 0.1) is 29.0 Å². The number of halogens is 3. The highest BCUT2D eigenvalue weighted by Gasteiger charge is 2.24. The zero-order valence-electron chi connectivity index (χ0n) is 13.8. The molecule has 3 aromatic rings. The molecule has 144 valence electrons. The molecule has 0 atom stereocenters. The molecule has 27 heavy (non-hydrogen) atoms. The number of nitrogens with two attached hydrogens (primary N) is 1. The molecule has 3 rings (SSSR count). The second-order valence-electron chi connectivity index (χ2n) is 5.61. The van der Waals surface area contributed by atoms with Gasteiger partial charge in [-0.3, -0.25) is 9.71 Å². The van der Waals surface area contributed by atoms with Crippen LogP contribution in [0.4, 0.5) is 20.3 Å². The van der Waals surface area contributed by atoms with Gasteiger partial charge < -0.3 is 10.7 Å². The standard InChI is InChI=1S/C15H15ClF2N6O2S/c1-20-4-8-5-21-14-10(3-2-9(16)13(8)14)23-27(25,26)11-6-22-24(15(11)19)7-12(17)18/h2-3,5-6,12,21,23H,1,4,7,19H2. The highest BCUT2D eigenvalue weighted by atomic mass is 35.5. The molecule has 0 spiro atoms. The third kappa shape index (κ3) is 3.60. The number of hydrogen-bond donors (Lipinski definition) is 3. The summed E-state index contributed by atoms with van der Waals surface area (Å²) in [5, 5.41) is 4.63. The van der Waals surface area contributed by atoms with E-state index in [1.165, 1.54) is 12.1 Å². The van der Waals surface area contributed by atoms with Crippen molar-refractivity contribution in [3.05, 3.63) is 35.1 Å². The van der Waals surface area contributed by atoms with E-state index in [-0.39, 0.29) is 11.5 Å². The lowest BCUT2D eigenvalue weighted by Gasteiger charge is -2.10. The first-order chi connectivity index (χ1) is 12.7. The number of nitrogen functional groups attached to an aromatic ring is 1. The first-order valence-electron chi connectivity index (χ1n) is 7.57. The van der Waals surface area contributed by atoms with Gasteiger partial charge in [-0.2, -0.15) is 5.10 Å². The van der Waals surface area contributed by atoms with Gasteiger partial charge in [0, 0.05) is 17.1 Å². The maximum atomic E-state index is 12.7. The number of aromatic nitrogens is 3. The largest absolute Gasteiger partial charge is 0.383 e. The van der Waals surface area contributed by atoms with Crippen LogP contribution in [0.3, 0.4) is 0 Å². The summed E-state index contributed by atoms with van der Waals surface area (Å²) in [6.45, 7) is 2.92. The van der Waals surface area contributed by atoms with Crippen LogP contribution in [0.25, 0.3) is 10.9 Å². The minimum Gasteiger partial charge on any atom is -0.383 e. The topological polar surface area (TPSA) is 118 Å². The molecule has 0 aliphatic carbocycles.